The summed E-state index contributed by atoms with van der Waals surface area (Å²) in [5.41, 5.74) is 0. The zero-order valence-corrected chi connectivity index (χ0v) is 7.93. The molecule has 0 N–H and O–H groups in total. The third-order valence-electron chi connectivity index (χ3n) is 1.37. The molecule has 0 heterocycles. The highest BCUT2D eigenvalue weighted by Gasteiger charge is 1.79. The Morgan fingerprint density at radius 1 is 1.23 bits per heavy atom. The zero-order valence-electron chi connectivity index (χ0n) is 7.93. The van der Waals surface area contributed by atoms with Crippen LogP contribution in [0.15, 0.2) is 0 Å². The van der Waals surface area contributed by atoms with Crippen LogP contribution in [0, 0.1) is 23.7 Å². The highest BCUT2D eigenvalue weighted by Crippen LogP contribution is 1.96. The van der Waals surface area contributed by atoms with Gasteiger partial charge in [0.15, 0.2) is 6.61 Å². The monoisotopic (exact) mass is 178 g/mol. The first-order valence-electron chi connectivity index (χ1n) is 4.42. The molecule has 0 aromatic heterocycles. The molecule has 0 radical (unpaired) electrons. The molecule has 0 saturated heterocycles. The molecule has 0 unspecified atom stereocenters. The number of hydrogen-bond donors (Lipinski definition) is 0. The molecule has 0 spiro atoms. The lowest BCUT2D eigenvalue weighted by molar-refractivity contribution is -0.127. The van der Waals surface area contributed by atoms with E-state index in [0.29, 0.717) is 6.47 Å². The van der Waals surface area contributed by atoms with Crippen LogP contribution in [0.1, 0.15) is 32.6 Å². The van der Waals surface area contributed by atoms with E-state index in [0.717, 1.165) is 12.8 Å². The van der Waals surface area contributed by atoms with Crippen LogP contribution in [0.3, 0.4) is 0 Å². The summed E-state index contributed by atoms with van der Waals surface area (Å²) in [6, 6.07) is 0. The van der Waals surface area contributed by atoms with Crippen molar-refractivity contribution in [2.24, 2.45) is 0 Å². The van der Waals surface area contributed by atoms with Gasteiger partial charge in [0, 0.05) is 6.42 Å². The Kier molecular flexibility index (Phi) is 9.44. The van der Waals surface area contributed by atoms with E-state index >= 15 is 0 Å². The molecule has 2 heteroatoms. The largest absolute Gasteiger partial charge is 0.455 e. The summed E-state index contributed by atoms with van der Waals surface area (Å²) in [5.74, 6) is 10.8. The summed E-state index contributed by atoms with van der Waals surface area (Å²) in [5, 5.41) is 0. The SMILES string of the molecule is CCCCCC#CC#CCOC=O. The molecule has 0 fully saturated rings. The zero-order chi connectivity index (χ0) is 9.78. The number of hydrogen-bond acceptors (Lipinski definition) is 2. The maximum atomic E-state index is 9.69. The van der Waals surface area contributed by atoms with Gasteiger partial charge < -0.3 is 4.74 Å². The molecule has 0 bridgehead atoms. The summed E-state index contributed by atoms with van der Waals surface area (Å²) < 4.78 is 4.36. The van der Waals surface area contributed by atoms with Crippen molar-refractivity contribution in [2.75, 3.05) is 6.61 Å². The Morgan fingerprint density at radius 2 is 2.00 bits per heavy atom. The lowest BCUT2D eigenvalue weighted by atomic mass is 10.2. The van der Waals surface area contributed by atoms with Gasteiger partial charge in [-0.2, -0.15) is 0 Å². The quantitative estimate of drug-likeness (QED) is 0.364. The van der Waals surface area contributed by atoms with E-state index in [4.69, 9.17) is 0 Å². The van der Waals surface area contributed by atoms with Gasteiger partial charge >= 0.3 is 0 Å². The fourth-order valence-electron chi connectivity index (χ4n) is 0.726. The molecule has 0 aromatic rings. The molecule has 13 heavy (non-hydrogen) atoms. The minimum absolute atomic E-state index is 0.132. The molecule has 0 amide bonds. The van der Waals surface area contributed by atoms with Crippen molar-refractivity contribution in [1.82, 2.24) is 0 Å². The Labute approximate surface area is 79.7 Å². The summed E-state index contributed by atoms with van der Waals surface area (Å²) in [4.78, 5) is 9.69. The molecule has 0 aliphatic rings. The van der Waals surface area contributed by atoms with Gasteiger partial charge in [0.2, 0.25) is 0 Å². The van der Waals surface area contributed by atoms with Crippen LogP contribution in [0.4, 0.5) is 0 Å². The van der Waals surface area contributed by atoms with Crippen LogP contribution in [0.25, 0.3) is 0 Å². The topological polar surface area (TPSA) is 26.3 Å². The van der Waals surface area contributed by atoms with Gasteiger partial charge in [-0.15, -0.1) is 0 Å². The molecular weight excluding hydrogens is 164 g/mol. The molecule has 0 rings (SSSR count). The smallest absolute Gasteiger partial charge is 0.294 e. The van der Waals surface area contributed by atoms with Crippen molar-refractivity contribution in [2.45, 2.75) is 32.6 Å². The van der Waals surface area contributed by atoms with Crippen molar-refractivity contribution >= 4 is 6.47 Å². The molecule has 0 saturated carbocycles. The van der Waals surface area contributed by atoms with Gasteiger partial charge in [0.25, 0.3) is 6.47 Å². The molecule has 0 aliphatic heterocycles. The molecular formula is C11H14O2. The fourth-order valence-corrected chi connectivity index (χ4v) is 0.726. The van der Waals surface area contributed by atoms with Crippen molar-refractivity contribution in [1.29, 1.82) is 0 Å². The van der Waals surface area contributed by atoms with Crippen LogP contribution < -0.4 is 0 Å². The normalized spacial score (nSPS) is 7.46. The fraction of sp³-hybridized carbons (Fsp3) is 0.545. The van der Waals surface area contributed by atoms with Crippen molar-refractivity contribution in [3.63, 3.8) is 0 Å². The Morgan fingerprint density at radius 3 is 2.69 bits per heavy atom. The lowest BCUT2D eigenvalue weighted by Gasteiger charge is -1.86. The maximum Gasteiger partial charge on any atom is 0.294 e. The van der Waals surface area contributed by atoms with E-state index in [1.807, 2.05) is 0 Å². The maximum absolute atomic E-state index is 9.69. The summed E-state index contributed by atoms with van der Waals surface area (Å²) >= 11 is 0. The highest BCUT2D eigenvalue weighted by atomic mass is 16.5. The summed E-state index contributed by atoms with van der Waals surface area (Å²) in [7, 11) is 0. The molecule has 0 aliphatic carbocycles. The van der Waals surface area contributed by atoms with Crippen molar-refractivity contribution in [3.8, 4) is 23.7 Å². The van der Waals surface area contributed by atoms with Crippen LogP contribution in [0.5, 0.6) is 0 Å². The van der Waals surface area contributed by atoms with Gasteiger partial charge in [-0.1, -0.05) is 25.7 Å². The standard InChI is InChI=1S/C11H14O2/c1-2-3-4-5-6-7-8-9-10-13-11-12/h11H,2-5,10H2,1H3. The number of rotatable bonds is 5. The van der Waals surface area contributed by atoms with Crippen LogP contribution >= 0.6 is 0 Å². The first kappa shape index (κ1) is 11.6. The summed E-state index contributed by atoms with van der Waals surface area (Å²) in [6.07, 6.45) is 4.46. The minimum atomic E-state index is 0.132. The Hall–Kier alpha value is -1.41. The van der Waals surface area contributed by atoms with Crippen LogP contribution in [-0.2, 0) is 9.53 Å². The third-order valence-corrected chi connectivity index (χ3v) is 1.37. The minimum Gasteiger partial charge on any atom is -0.455 e. The van der Waals surface area contributed by atoms with Gasteiger partial charge in [-0.3, -0.25) is 4.79 Å². The predicted octanol–water partition coefficient (Wildman–Crippen LogP) is 1.75. The highest BCUT2D eigenvalue weighted by molar-refractivity contribution is 5.38. The first-order chi connectivity index (χ1) is 6.41. The van der Waals surface area contributed by atoms with E-state index in [-0.39, 0.29) is 6.61 Å². The Bertz CT molecular complexity index is 234. The predicted molar refractivity (Wildman–Crippen MR) is 51.7 cm³/mol. The van der Waals surface area contributed by atoms with E-state index in [9.17, 15) is 4.79 Å². The third kappa shape index (κ3) is 10.6. The van der Waals surface area contributed by atoms with E-state index in [1.165, 1.54) is 12.8 Å². The second-order valence-electron chi connectivity index (χ2n) is 2.47. The van der Waals surface area contributed by atoms with E-state index in [1.54, 1.807) is 0 Å². The Balaban J connectivity index is 3.35. The van der Waals surface area contributed by atoms with Gasteiger partial charge in [-0.25, -0.2) is 0 Å². The van der Waals surface area contributed by atoms with Crippen LogP contribution in [0.2, 0.25) is 0 Å². The second-order valence-corrected chi connectivity index (χ2v) is 2.47. The average Bonchev–Trinajstić information content (AvgIpc) is 2.16. The number of unbranched alkanes of at least 4 members (excludes halogenated alkanes) is 3. The van der Waals surface area contributed by atoms with Gasteiger partial charge in [0.1, 0.15) is 0 Å². The second kappa shape index (κ2) is 10.6. The number of carbonyl (C=O) groups excluding carboxylic acids is 1. The number of carbonyl (C=O) groups is 1. The number of ether oxygens (including phenoxy) is 1. The van der Waals surface area contributed by atoms with Crippen LogP contribution in [-0.4, -0.2) is 13.1 Å². The lowest BCUT2D eigenvalue weighted by Crippen LogP contribution is -1.85. The summed E-state index contributed by atoms with van der Waals surface area (Å²) in [6.45, 7) is 2.67. The average molecular weight is 178 g/mol. The van der Waals surface area contributed by atoms with E-state index < -0.39 is 0 Å². The molecule has 0 atom stereocenters. The molecule has 2 nitrogen and oxygen atoms in total. The van der Waals surface area contributed by atoms with Crippen molar-refractivity contribution < 1.29 is 9.53 Å². The molecule has 0 aromatic carbocycles. The van der Waals surface area contributed by atoms with Gasteiger partial charge in [-0.05, 0) is 24.2 Å². The van der Waals surface area contributed by atoms with Crippen molar-refractivity contribution in [3.05, 3.63) is 0 Å². The molecule has 70 valence electrons. The first-order valence-corrected chi connectivity index (χ1v) is 4.42. The van der Waals surface area contributed by atoms with E-state index in [2.05, 4.69) is 35.3 Å². The van der Waals surface area contributed by atoms with Gasteiger partial charge in [0.05, 0.1) is 0 Å².